The van der Waals surface area contributed by atoms with E-state index in [0.717, 1.165) is 48.7 Å². The van der Waals surface area contributed by atoms with Crippen LogP contribution in [-0.4, -0.2) is 41.0 Å². The van der Waals surface area contributed by atoms with Gasteiger partial charge < -0.3 is 15.2 Å². The number of nitrogens with one attached hydrogen (secondary N) is 2. The van der Waals surface area contributed by atoms with Crippen LogP contribution < -0.4 is 10.6 Å². The van der Waals surface area contributed by atoms with Gasteiger partial charge in [-0.05, 0) is 47.9 Å². The molecule has 27 heavy (non-hydrogen) atoms. The molecule has 1 aliphatic heterocycles. The Balaban J connectivity index is 1.41. The van der Waals surface area contributed by atoms with Gasteiger partial charge in [0.1, 0.15) is 12.2 Å². The highest BCUT2D eigenvalue weighted by Crippen LogP contribution is 2.19. The number of fused-ring (bicyclic) bond motifs is 1. The Morgan fingerprint density at radius 3 is 3.00 bits per heavy atom. The monoisotopic (exact) mass is 367 g/mol. The van der Waals surface area contributed by atoms with Gasteiger partial charge in [0.15, 0.2) is 5.82 Å². The molecule has 1 aromatic carbocycles. The van der Waals surface area contributed by atoms with Gasteiger partial charge in [-0.2, -0.15) is 0 Å². The van der Waals surface area contributed by atoms with E-state index in [1.807, 2.05) is 25.1 Å². The van der Waals surface area contributed by atoms with Crippen LogP contribution in [0.1, 0.15) is 36.5 Å². The van der Waals surface area contributed by atoms with Crippen molar-refractivity contribution in [3.63, 3.8) is 0 Å². The largest absolute Gasteiger partial charge is 0.331 e. The summed E-state index contributed by atoms with van der Waals surface area (Å²) in [6, 6.07) is 5.33. The molecule has 2 N–H and O–H groups in total. The molecule has 10 nitrogen and oxygen atoms in total. The van der Waals surface area contributed by atoms with E-state index in [1.165, 1.54) is 17.4 Å². The second-order valence-electron chi connectivity index (χ2n) is 6.56. The number of urea groups is 1. The minimum absolute atomic E-state index is 0.294. The molecule has 0 saturated carbocycles. The lowest BCUT2D eigenvalue weighted by atomic mass is 10.2. The lowest BCUT2D eigenvalue weighted by Crippen LogP contribution is -2.30. The number of tetrazole rings is 1. The second kappa shape index (κ2) is 7.52. The van der Waals surface area contributed by atoms with Crippen LogP contribution in [0.3, 0.4) is 0 Å². The first-order valence-electron chi connectivity index (χ1n) is 9.00. The maximum Gasteiger partial charge on any atom is 0.319 e. The van der Waals surface area contributed by atoms with Gasteiger partial charge in [0.25, 0.3) is 0 Å². The number of hydrogen-bond donors (Lipinski definition) is 2. The van der Waals surface area contributed by atoms with Crippen LogP contribution in [0, 0.1) is 6.92 Å². The number of aryl methyl sites for hydroxylation is 2. The zero-order valence-electron chi connectivity index (χ0n) is 15.1. The van der Waals surface area contributed by atoms with Crippen LogP contribution in [0.2, 0.25) is 0 Å². The van der Waals surface area contributed by atoms with Crippen LogP contribution in [0.4, 0.5) is 10.5 Å². The molecule has 0 spiro atoms. The van der Waals surface area contributed by atoms with Crippen molar-refractivity contribution in [1.29, 1.82) is 0 Å². The predicted octanol–water partition coefficient (Wildman–Crippen LogP) is 1.61. The number of anilines is 1. The Morgan fingerprint density at radius 1 is 1.22 bits per heavy atom. The fourth-order valence-corrected chi connectivity index (χ4v) is 3.17. The first-order chi connectivity index (χ1) is 13.2. The summed E-state index contributed by atoms with van der Waals surface area (Å²) in [5, 5.41) is 25.3. The fourth-order valence-electron chi connectivity index (χ4n) is 3.17. The summed E-state index contributed by atoms with van der Waals surface area (Å²) in [5.74, 6) is 1.80. The number of benzene rings is 1. The Morgan fingerprint density at radius 2 is 2.15 bits per heavy atom. The van der Waals surface area contributed by atoms with E-state index >= 15 is 0 Å². The highest BCUT2D eigenvalue weighted by atomic mass is 16.2. The fraction of sp³-hybridized carbons (Fsp3) is 0.412. The second-order valence-corrected chi connectivity index (χ2v) is 6.56. The first-order valence-corrected chi connectivity index (χ1v) is 9.00. The first kappa shape index (κ1) is 17.1. The smallest absolute Gasteiger partial charge is 0.319 e. The van der Waals surface area contributed by atoms with Crippen molar-refractivity contribution in [3.8, 4) is 5.69 Å². The van der Waals surface area contributed by atoms with Gasteiger partial charge in [0.05, 0.1) is 12.2 Å². The van der Waals surface area contributed by atoms with Crippen LogP contribution in [0.25, 0.3) is 5.69 Å². The molecule has 0 radical (unpaired) electrons. The number of carbonyl (C=O) groups excluding carboxylic acids is 1. The van der Waals surface area contributed by atoms with Crippen molar-refractivity contribution >= 4 is 11.7 Å². The number of hydrogen-bond acceptors (Lipinski definition) is 6. The zero-order chi connectivity index (χ0) is 18.6. The standard InChI is InChI=1S/C17H21N9O/c1-12-6-7-13(26-11-19-23-24-26)9-14(12)20-17(27)18-10-16-22-21-15-5-3-2-4-8-25(15)16/h6-7,9,11H,2-5,8,10H2,1H3,(H2,18,20,27). The van der Waals surface area contributed by atoms with E-state index in [2.05, 4.69) is 40.9 Å². The third-order valence-corrected chi connectivity index (χ3v) is 4.68. The highest BCUT2D eigenvalue weighted by molar-refractivity contribution is 5.90. The zero-order valence-corrected chi connectivity index (χ0v) is 15.1. The summed E-state index contributed by atoms with van der Waals surface area (Å²) >= 11 is 0. The van der Waals surface area contributed by atoms with Crippen molar-refractivity contribution in [2.75, 3.05) is 5.32 Å². The highest BCUT2D eigenvalue weighted by Gasteiger charge is 2.15. The third-order valence-electron chi connectivity index (χ3n) is 4.68. The summed E-state index contributed by atoms with van der Waals surface area (Å²) in [7, 11) is 0. The minimum atomic E-state index is -0.294. The lowest BCUT2D eigenvalue weighted by molar-refractivity contribution is 0.251. The molecule has 3 aromatic rings. The molecule has 140 valence electrons. The predicted molar refractivity (Wildman–Crippen MR) is 97.3 cm³/mol. The molecule has 2 aromatic heterocycles. The minimum Gasteiger partial charge on any atom is -0.331 e. The van der Waals surface area contributed by atoms with Crippen LogP contribution in [-0.2, 0) is 19.5 Å². The third kappa shape index (κ3) is 3.78. The number of carbonyl (C=O) groups is 1. The number of nitrogens with zero attached hydrogens (tertiary/aromatic N) is 7. The molecular weight excluding hydrogens is 346 g/mol. The molecular formula is C17H21N9O. The Bertz CT molecular complexity index is 932. The van der Waals surface area contributed by atoms with E-state index < -0.39 is 0 Å². The molecule has 1 aliphatic rings. The topological polar surface area (TPSA) is 115 Å². The SMILES string of the molecule is Cc1ccc(-n2cnnn2)cc1NC(=O)NCc1nnc2n1CCCCC2. The van der Waals surface area contributed by atoms with Gasteiger partial charge in [-0.3, -0.25) is 0 Å². The van der Waals surface area contributed by atoms with Crippen molar-refractivity contribution in [3.05, 3.63) is 41.7 Å². The van der Waals surface area contributed by atoms with Gasteiger partial charge in [-0.15, -0.1) is 15.3 Å². The van der Waals surface area contributed by atoms with Gasteiger partial charge in [0, 0.05) is 18.7 Å². The number of amides is 2. The molecule has 4 rings (SSSR count). The van der Waals surface area contributed by atoms with Crippen LogP contribution in [0.5, 0.6) is 0 Å². The van der Waals surface area contributed by atoms with Crippen molar-refractivity contribution in [2.24, 2.45) is 0 Å². The molecule has 0 saturated heterocycles. The van der Waals surface area contributed by atoms with Gasteiger partial charge in [-0.25, -0.2) is 9.48 Å². The molecule has 3 heterocycles. The van der Waals surface area contributed by atoms with E-state index in [4.69, 9.17) is 0 Å². The van der Waals surface area contributed by atoms with E-state index in [1.54, 1.807) is 0 Å². The maximum absolute atomic E-state index is 12.4. The Kier molecular flexibility index (Phi) is 4.77. The quantitative estimate of drug-likeness (QED) is 0.724. The summed E-state index contributed by atoms with van der Waals surface area (Å²) in [6.45, 7) is 3.18. The van der Waals surface area contributed by atoms with Crippen LogP contribution in [0.15, 0.2) is 24.5 Å². The lowest BCUT2D eigenvalue weighted by Gasteiger charge is -2.12. The van der Waals surface area contributed by atoms with Gasteiger partial charge in [0.2, 0.25) is 0 Å². The number of aromatic nitrogens is 7. The molecule has 10 heteroatoms. The Labute approximate surface area is 156 Å². The number of rotatable bonds is 4. The van der Waals surface area contributed by atoms with E-state index in [9.17, 15) is 4.79 Å². The van der Waals surface area contributed by atoms with E-state index in [-0.39, 0.29) is 6.03 Å². The average molecular weight is 367 g/mol. The maximum atomic E-state index is 12.4. The van der Waals surface area contributed by atoms with Crippen LogP contribution >= 0.6 is 0 Å². The van der Waals surface area contributed by atoms with E-state index in [0.29, 0.717) is 12.2 Å². The molecule has 0 aliphatic carbocycles. The summed E-state index contributed by atoms with van der Waals surface area (Å²) < 4.78 is 3.66. The van der Waals surface area contributed by atoms with Gasteiger partial charge in [-0.1, -0.05) is 12.5 Å². The molecule has 2 amide bonds. The molecule has 0 unspecified atom stereocenters. The van der Waals surface area contributed by atoms with Crippen molar-refractivity contribution < 1.29 is 4.79 Å². The van der Waals surface area contributed by atoms with Crippen molar-refractivity contribution in [1.82, 2.24) is 40.3 Å². The molecule has 0 fully saturated rings. The summed E-state index contributed by atoms with van der Waals surface area (Å²) in [5.41, 5.74) is 2.41. The summed E-state index contributed by atoms with van der Waals surface area (Å²) in [4.78, 5) is 12.4. The van der Waals surface area contributed by atoms with Crippen molar-refractivity contribution in [2.45, 2.75) is 45.7 Å². The summed E-state index contributed by atoms with van der Waals surface area (Å²) in [6.07, 6.45) is 5.91. The van der Waals surface area contributed by atoms with Gasteiger partial charge >= 0.3 is 6.03 Å². The Hall–Kier alpha value is -3.30. The molecule has 0 atom stereocenters. The molecule has 0 bridgehead atoms. The average Bonchev–Trinajstić information content (AvgIpc) is 3.27. The normalized spacial score (nSPS) is 13.7.